The van der Waals surface area contributed by atoms with Crippen LogP contribution < -0.4 is 5.43 Å². The zero-order valence-corrected chi connectivity index (χ0v) is 6.77. The fourth-order valence-electron chi connectivity index (χ4n) is 0.730. The summed E-state index contributed by atoms with van der Waals surface area (Å²) in [6.07, 6.45) is 1.47. The van der Waals surface area contributed by atoms with Gasteiger partial charge in [-0.25, -0.2) is 5.43 Å². The standard InChI is InChI=1S/C9H7N3O/c10-6-9(13)12-11-7-8-4-2-1-3-5-8/h1-5,7H,(H,12,13)/b11-7+. The number of nitrogens with one attached hydrogen (secondary N) is 1. The second kappa shape index (κ2) is 4.67. The Hall–Kier alpha value is -2.15. The monoisotopic (exact) mass is 173 g/mol. The van der Waals surface area contributed by atoms with Crippen molar-refractivity contribution in [3.63, 3.8) is 0 Å². The Bertz CT molecular complexity index is 351. The van der Waals surface area contributed by atoms with Crippen molar-refractivity contribution >= 4 is 12.1 Å². The lowest BCUT2D eigenvalue weighted by Crippen LogP contribution is -2.14. The smallest absolute Gasteiger partial charge is 0.255 e. The van der Waals surface area contributed by atoms with Crippen molar-refractivity contribution in [1.82, 2.24) is 5.43 Å². The van der Waals surface area contributed by atoms with Crippen LogP contribution in [-0.4, -0.2) is 12.1 Å². The zero-order valence-electron chi connectivity index (χ0n) is 6.77. The first-order valence-electron chi connectivity index (χ1n) is 3.61. The minimum absolute atomic E-state index is 0.771. The average molecular weight is 173 g/mol. The first-order valence-corrected chi connectivity index (χ1v) is 3.61. The molecule has 0 aromatic heterocycles. The molecule has 4 heteroatoms. The molecule has 0 saturated carbocycles. The summed E-state index contributed by atoms with van der Waals surface area (Å²) in [7, 11) is 0. The highest BCUT2D eigenvalue weighted by molar-refractivity contribution is 5.92. The molecular formula is C9H7N3O. The molecular weight excluding hydrogens is 166 g/mol. The van der Waals surface area contributed by atoms with Crippen LogP contribution in [0.25, 0.3) is 0 Å². The minimum Gasteiger partial charge on any atom is -0.255 e. The first kappa shape index (κ1) is 8.94. The maximum Gasteiger partial charge on any atom is 0.342 e. The molecule has 0 fully saturated rings. The van der Waals surface area contributed by atoms with Crippen LogP contribution in [0.3, 0.4) is 0 Å². The van der Waals surface area contributed by atoms with Crippen molar-refractivity contribution < 1.29 is 4.79 Å². The van der Waals surface area contributed by atoms with Crippen LogP contribution >= 0.6 is 0 Å². The number of hydrazone groups is 1. The highest BCUT2D eigenvalue weighted by atomic mass is 16.2. The van der Waals surface area contributed by atoms with E-state index in [0.29, 0.717) is 0 Å². The normalized spacial score (nSPS) is 9.46. The Morgan fingerprint density at radius 1 is 1.46 bits per heavy atom. The Balaban J connectivity index is 2.51. The van der Waals surface area contributed by atoms with Crippen LogP contribution in [0.2, 0.25) is 0 Å². The molecule has 1 amide bonds. The van der Waals surface area contributed by atoms with Crippen LogP contribution in [0, 0.1) is 11.3 Å². The molecule has 0 saturated heterocycles. The molecule has 0 radical (unpaired) electrons. The van der Waals surface area contributed by atoms with E-state index in [4.69, 9.17) is 5.26 Å². The van der Waals surface area contributed by atoms with Gasteiger partial charge in [0, 0.05) is 0 Å². The van der Waals surface area contributed by atoms with Crippen molar-refractivity contribution in [2.24, 2.45) is 5.10 Å². The van der Waals surface area contributed by atoms with Gasteiger partial charge in [-0.15, -0.1) is 0 Å². The molecule has 13 heavy (non-hydrogen) atoms. The summed E-state index contributed by atoms with van der Waals surface area (Å²) in [6.45, 7) is 0. The average Bonchev–Trinajstić information content (AvgIpc) is 2.19. The van der Waals surface area contributed by atoms with Gasteiger partial charge in [-0.05, 0) is 5.56 Å². The molecule has 64 valence electrons. The highest BCUT2D eigenvalue weighted by Crippen LogP contribution is 1.92. The van der Waals surface area contributed by atoms with Crippen LogP contribution in [-0.2, 0) is 4.79 Å². The van der Waals surface area contributed by atoms with Gasteiger partial charge in [0.1, 0.15) is 0 Å². The molecule has 1 N–H and O–H groups in total. The van der Waals surface area contributed by atoms with Crippen LogP contribution in [0.1, 0.15) is 5.56 Å². The van der Waals surface area contributed by atoms with Gasteiger partial charge < -0.3 is 0 Å². The topological polar surface area (TPSA) is 65.2 Å². The molecule has 4 nitrogen and oxygen atoms in total. The number of benzene rings is 1. The van der Waals surface area contributed by atoms with E-state index in [-0.39, 0.29) is 0 Å². The summed E-state index contributed by atoms with van der Waals surface area (Å²) in [5.41, 5.74) is 2.91. The van der Waals surface area contributed by atoms with Crippen molar-refractivity contribution in [2.75, 3.05) is 0 Å². The second-order valence-corrected chi connectivity index (χ2v) is 2.22. The van der Waals surface area contributed by atoms with Gasteiger partial charge in [0.15, 0.2) is 6.07 Å². The lowest BCUT2D eigenvalue weighted by molar-refractivity contribution is -0.115. The van der Waals surface area contributed by atoms with Gasteiger partial charge in [0.25, 0.3) is 0 Å². The number of nitrogens with zero attached hydrogens (tertiary/aromatic N) is 2. The molecule has 1 rings (SSSR count). The Labute approximate surface area is 75.5 Å². The van der Waals surface area contributed by atoms with Crippen molar-refractivity contribution in [3.8, 4) is 6.07 Å². The van der Waals surface area contributed by atoms with E-state index < -0.39 is 5.91 Å². The van der Waals surface area contributed by atoms with E-state index in [1.165, 1.54) is 12.3 Å². The summed E-state index contributed by atoms with van der Waals surface area (Å²) in [4.78, 5) is 10.4. The number of carbonyl (C=O) groups excluding carboxylic acids is 1. The number of hydrogen-bond donors (Lipinski definition) is 1. The van der Waals surface area contributed by atoms with Gasteiger partial charge in [-0.3, -0.25) is 4.79 Å². The Kier molecular flexibility index (Phi) is 3.21. The maximum absolute atomic E-state index is 10.4. The number of amides is 1. The zero-order chi connectivity index (χ0) is 9.52. The Morgan fingerprint density at radius 2 is 2.15 bits per heavy atom. The number of nitriles is 1. The minimum atomic E-state index is -0.771. The molecule has 0 aliphatic carbocycles. The molecule has 1 aromatic carbocycles. The molecule has 0 spiro atoms. The Morgan fingerprint density at radius 3 is 2.77 bits per heavy atom. The predicted molar refractivity (Wildman–Crippen MR) is 47.8 cm³/mol. The third kappa shape index (κ3) is 3.16. The van der Waals surface area contributed by atoms with E-state index in [9.17, 15) is 4.79 Å². The summed E-state index contributed by atoms with van der Waals surface area (Å²) in [5, 5.41) is 11.7. The number of carbonyl (C=O) groups is 1. The van der Waals surface area contributed by atoms with Gasteiger partial charge in [0.05, 0.1) is 6.21 Å². The van der Waals surface area contributed by atoms with Crippen molar-refractivity contribution in [3.05, 3.63) is 35.9 Å². The number of rotatable bonds is 2. The molecule has 0 bridgehead atoms. The maximum atomic E-state index is 10.4. The molecule has 0 atom stereocenters. The largest absolute Gasteiger partial charge is 0.342 e. The fourth-order valence-corrected chi connectivity index (χ4v) is 0.730. The number of hydrogen-bond acceptors (Lipinski definition) is 3. The van der Waals surface area contributed by atoms with Gasteiger partial charge >= 0.3 is 5.91 Å². The molecule has 0 aliphatic rings. The van der Waals surface area contributed by atoms with E-state index in [2.05, 4.69) is 10.5 Å². The SMILES string of the molecule is N#CC(=O)N/N=C/c1ccccc1. The first-order chi connectivity index (χ1) is 6.33. The fraction of sp³-hybridized carbons (Fsp3) is 0. The van der Waals surface area contributed by atoms with Crippen molar-refractivity contribution in [1.29, 1.82) is 5.26 Å². The highest BCUT2D eigenvalue weighted by Gasteiger charge is 1.90. The second-order valence-electron chi connectivity index (χ2n) is 2.22. The lowest BCUT2D eigenvalue weighted by atomic mass is 10.2. The molecule has 1 aromatic rings. The quantitative estimate of drug-likeness (QED) is 0.405. The molecule has 0 aliphatic heterocycles. The summed E-state index contributed by atoms with van der Waals surface area (Å²) >= 11 is 0. The predicted octanol–water partition coefficient (Wildman–Crippen LogP) is 0.660. The summed E-state index contributed by atoms with van der Waals surface area (Å²) < 4.78 is 0. The van der Waals surface area contributed by atoms with Crippen LogP contribution in [0.4, 0.5) is 0 Å². The van der Waals surface area contributed by atoms with Gasteiger partial charge in [0.2, 0.25) is 0 Å². The van der Waals surface area contributed by atoms with E-state index in [1.54, 1.807) is 0 Å². The van der Waals surface area contributed by atoms with E-state index in [0.717, 1.165) is 5.56 Å². The molecule has 0 heterocycles. The van der Waals surface area contributed by atoms with Gasteiger partial charge in [-0.1, -0.05) is 30.3 Å². The summed E-state index contributed by atoms with van der Waals surface area (Å²) in [5.74, 6) is -0.771. The van der Waals surface area contributed by atoms with Crippen LogP contribution in [0.5, 0.6) is 0 Å². The van der Waals surface area contributed by atoms with E-state index in [1.807, 2.05) is 30.3 Å². The molecule has 0 unspecified atom stereocenters. The third-order valence-electron chi connectivity index (χ3n) is 1.28. The lowest BCUT2D eigenvalue weighted by Gasteiger charge is -1.90. The summed E-state index contributed by atoms with van der Waals surface area (Å²) in [6, 6.07) is 10.6. The van der Waals surface area contributed by atoms with Gasteiger partial charge in [-0.2, -0.15) is 10.4 Å². The van der Waals surface area contributed by atoms with Crippen molar-refractivity contribution in [2.45, 2.75) is 0 Å². The third-order valence-corrected chi connectivity index (χ3v) is 1.28. The van der Waals surface area contributed by atoms with Crippen LogP contribution in [0.15, 0.2) is 35.4 Å². The van der Waals surface area contributed by atoms with E-state index >= 15 is 0 Å².